The van der Waals surface area contributed by atoms with Gasteiger partial charge in [-0.3, -0.25) is 9.59 Å². The van der Waals surface area contributed by atoms with E-state index in [9.17, 15) is 22.8 Å². The van der Waals surface area contributed by atoms with Crippen molar-refractivity contribution in [3.05, 3.63) is 29.8 Å². The first-order valence-electron chi connectivity index (χ1n) is 8.65. The van der Waals surface area contributed by atoms with Gasteiger partial charge in [0, 0.05) is 25.6 Å². The number of ether oxygens (including phenoxy) is 1. The van der Waals surface area contributed by atoms with Crippen molar-refractivity contribution in [2.75, 3.05) is 6.54 Å². The van der Waals surface area contributed by atoms with Gasteiger partial charge in [0.15, 0.2) is 0 Å². The Morgan fingerprint density at radius 3 is 2.42 bits per heavy atom. The lowest BCUT2D eigenvalue weighted by molar-refractivity contribution is -0.274. The summed E-state index contributed by atoms with van der Waals surface area (Å²) in [5, 5.41) is 2.74. The molecule has 0 bridgehead atoms. The number of hydrogen-bond donors (Lipinski definition) is 1. The number of likely N-dealkylation sites (tertiary alicyclic amines) is 1. The second-order valence-electron chi connectivity index (χ2n) is 6.33. The first-order chi connectivity index (χ1) is 12.2. The van der Waals surface area contributed by atoms with E-state index in [2.05, 4.69) is 10.1 Å². The monoisotopic (exact) mass is 372 g/mol. The quantitative estimate of drug-likeness (QED) is 0.799. The maximum absolute atomic E-state index is 12.3. The molecule has 0 spiro atoms. The number of nitrogens with one attached hydrogen (secondary N) is 1. The molecule has 1 saturated heterocycles. The highest BCUT2D eigenvalue weighted by atomic mass is 19.4. The highest BCUT2D eigenvalue weighted by Crippen LogP contribution is 2.24. The molecule has 8 heteroatoms. The third kappa shape index (κ3) is 5.37. The Morgan fingerprint density at radius 2 is 1.88 bits per heavy atom. The van der Waals surface area contributed by atoms with Crippen LogP contribution in [-0.4, -0.2) is 35.7 Å². The van der Waals surface area contributed by atoms with Crippen molar-refractivity contribution in [1.82, 2.24) is 10.2 Å². The summed E-state index contributed by atoms with van der Waals surface area (Å²) in [6, 6.07) is 5.46. The molecule has 2 rings (SSSR count). The second-order valence-corrected chi connectivity index (χ2v) is 6.33. The van der Waals surface area contributed by atoms with Gasteiger partial charge in [-0.2, -0.15) is 0 Å². The fourth-order valence-electron chi connectivity index (χ4n) is 3.13. The summed E-state index contributed by atoms with van der Waals surface area (Å²) >= 11 is 0. The van der Waals surface area contributed by atoms with Gasteiger partial charge in [0.25, 0.3) is 0 Å². The Morgan fingerprint density at radius 1 is 1.27 bits per heavy atom. The largest absolute Gasteiger partial charge is 0.573 e. The normalized spacial score (nSPS) is 17.7. The maximum Gasteiger partial charge on any atom is 0.573 e. The second kappa shape index (κ2) is 8.42. The zero-order valence-electron chi connectivity index (χ0n) is 14.8. The molecule has 1 unspecified atom stereocenters. The van der Waals surface area contributed by atoms with Gasteiger partial charge in [-0.15, -0.1) is 13.2 Å². The summed E-state index contributed by atoms with van der Waals surface area (Å²) in [6.07, 6.45) is -2.84. The molecule has 0 saturated carbocycles. The average Bonchev–Trinajstić information content (AvgIpc) is 2.96. The summed E-state index contributed by atoms with van der Waals surface area (Å²) in [5.41, 5.74) is 0.647. The van der Waals surface area contributed by atoms with E-state index in [4.69, 9.17) is 0 Å². The standard InChI is InChI=1S/C18H23F3N2O3/c1-3-14(4-2)23-11-13(9-16(23)24)17(25)22-10-12-5-7-15(8-6-12)26-18(19,20)21/h5-8,13-14H,3-4,9-11H2,1-2H3,(H,22,25). The molecule has 5 nitrogen and oxygen atoms in total. The van der Waals surface area contributed by atoms with E-state index in [-0.39, 0.29) is 36.6 Å². The van der Waals surface area contributed by atoms with Crippen LogP contribution in [0.1, 0.15) is 38.7 Å². The fraction of sp³-hybridized carbons (Fsp3) is 0.556. The van der Waals surface area contributed by atoms with Crippen molar-refractivity contribution in [2.24, 2.45) is 5.92 Å². The Labute approximate surface area is 150 Å². The van der Waals surface area contributed by atoms with Gasteiger partial charge in [-0.05, 0) is 30.5 Å². The van der Waals surface area contributed by atoms with E-state index in [0.29, 0.717) is 12.1 Å². The zero-order valence-corrected chi connectivity index (χ0v) is 14.8. The van der Waals surface area contributed by atoms with Crippen molar-refractivity contribution in [3.63, 3.8) is 0 Å². The minimum absolute atomic E-state index is 0.00694. The smallest absolute Gasteiger partial charge is 0.406 e. The van der Waals surface area contributed by atoms with E-state index in [1.54, 1.807) is 4.90 Å². The third-order valence-corrected chi connectivity index (χ3v) is 4.54. The molecule has 0 radical (unpaired) electrons. The molecule has 0 aromatic heterocycles. The molecule has 2 amide bonds. The molecular weight excluding hydrogens is 349 g/mol. The first-order valence-corrected chi connectivity index (χ1v) is 8.65. The predicted octanol–water partition coefficient (Wildman–Crippen LogP) is 3.24. The Kier molecular flexibility index (Phi) is 6.50. The average molecular weight is 372 g/mol. The molecule has 1 aromatic carbocycles. The Bertz CT molecular complexity index is 628. The SMILES string of the molecule is CCC(CC)N1CC(C(=O)NCc2ccc(OC(F)(F)F)cc2)CC1=O. The van der Waals surface area contributed by atoms with Crippen molar-refractivity contribution in [3.8, 4) is 5.75 Å². The van der Waals surface area contributed by atoms with Crippen LogP contribution in [0.2, 0.25) is 0 Å². The highest BCUT2D eigenvalue weighted by Gasteiger charge is 2.36. The van der Waals surface area contributed by atoms with E-state index in [0.717, 1.165) is 12.8 Å². The molecule has 1 N–H and O–H groups in total. The van der Waals surface area contributed by atoms with Gasteiger partial charge in [0.1, 0.15) is 5.75 Å². The number of carbonyl (C=O) groups excluding carboxylic acids is 2. The van der Waals surface area contributed by atoms with Crippen molar-refractivity contribution < 1.29 is 27.5 Å². The lowest BCUT2D eigenvalue weighted by Crippen LogP contribution is -2.37. The zero-order chi connectivity index (χ0) is 19.3. The molecule has 144 valence electrons. The molecule has 1 atom stereocenters. The lowest BCUT2D eigenvalue weighted by Gasteiger charge is -2.26. The number of rotatable bonds is 7. The Hall–Kier alpha value is -2.25. The summed E-state index contributed by atoms with van der Waals surface area (Å²) in [4.78, 5) is 26.2. The van der Waals surface area contributed by atoms with Crippen LogP contribution in [-0.2, 0) is 16.1 Å². The Balaban J connectivity index is 1.86. The molecule has 1 heterocycles. The molecule has 1 aromatic rings. The van der Waals surface area contributed by atoms with Crippen molar-refractivity contribution >= 4 is 11.8 Å². The van der Waals surface area contributed by atoms with Gasteiger partial charge in [0.2, 0.25) is 11.8 Å². The van der Waals surface area contributed by atoms with E-state index in [1.807, 2.05) is 13.8 Å². The maximum atomic E-state index is 12.3. The van der Waals surface area contributed by atoms with Crippen molar-refractivity contribution in [2.45, 2.75) is 52.1 Å². The van der Waals surface area contributed by atoms with Gasteiger partial charge >= 0.3 is 6.36 Å². The predicted molar refractivity (Wildman–Crippen MR) is 89.2 cm³/mol. The molecular formula is C18H23F3N2O3. The minimum Gasteiger partial charge on any atom is -0.406 e. The molecule has 1 aliphatic heterocycles. The van der Waals surface area contributed by atoms with Gasteiger partial charge in [0.05, 0.1) is 5.92 Å². The summed E-state index contributed by atoms with van der Waals surface area (Å²) in [6.45, 7) is 4.62. The van der Waals surface area contributed by atoms with Crippen LogP contribution >= 0.6 is 0 Å². The molecule has 1 aliphatic rings. The number of carbonyl (C=O) groups is 2. The lowest BCUT2D eigenvalue weighted by atomic mass is 10.1. The van der Waals surface area contributed by atoms with Crippen LogP contribution in [0, 0.1) is 5.92 Å². The summed E-state index contributed by atoms with van der Waals surface area (Å²) < 4.78 is 40.2. The summed E-state index contributed by atoms with van der Waals surface area (Å²) in [5.74, 6) is -0.930. The minimum atomic E-state index is -4.73. The van der Waals surface area contributed by atoms with Crippen LogP contribution in [0.4, 0.5) is 13.2 Å². The number of hydrogen-bond acceptors (Lipinski definition) is 3. The highest BCUT2D eigenvalue weighted by molar-refractivity contribution is 5.89. The molecule has 1 fully saturated rings. The van der Waals surface area contributed by atoms with Crippen LogP contribution in [0.15, 0.2) is 24.3 Å². The number of alkyl halides is 3. The number of nitrogens with zero attached hydrogens (tertiary/aromatic N) is 1. The van der Waals surface area contributed by atoms with Gasteiger partial charge in [-0.25, -0.2) is 0 Å². The number of halogens is 3. The number of amides is 2. The molecule has 0 aliphatic carbocycles. The molecule has 26 heavy (non-hydrogen) atoms. The van der Waals surface area contributed by atoms with E-state index < -0.39 is 12.3 Å². The van der Waals surface area contributed by atoms with Gasteiger partial charge < -0.3 is 15.0 Å². The van der Waals surface area contributed by atoms with E-state index >= 15 is 0 Å². The van der Waals surface area contributed by atoms with Crippen LogP contribution < -0.4 is 10.1 Å². The van der Waals surface area contributed by atoms with Crippen LogP contribution in [0.5, 0.6) is 5.75 Å². The van der Waals surface area contributed by atoms with Crippen LogP contribution in [0.3, 0.4) is 0 Å². The van der Waals surface area contributed by atoms with E-state index in [1.165, 1.54) is 24.3 Å². The number of benzene rings is 1. The topological polar surface area (TPSA) is 58.6 Å². The van der Waals surface area contributed by atoms with Crippen LogP contribution in [0.25, 0.3) is 0 Å². The summed E-state index contributed by atoms with van der Waals surface area (Å²) in [7, 11) is 0. The first kappa shape index (κ1) is 20.1. The fourth-order valence-corrected chi connectivity index (χ4v) is 3.13. The van der Waals surface area contributed by atoms with Gasteiger partial charge in [-0.1, -0.05) is 26.0 Å². The van der Waals surface area contributed by atoms with Crippen molar-refractivity contribution in [1.29, 1.82) is 0 Å². The third-order valence-electron chi connectivity index (χ3n) is 4.54.